The molecule has 1 aromatic rings. The third-order valence-corrected chi connectivity index (χ3v) is 3.77. The molecule has 1 aromatic heterocycles. The summed E-state index contributed by atoms with van der Waals surface area (Å²) in [6, 6.07) is 4.36. The van der Waals surface area contributed by atoms with Crippen molar-refractivity contribution >= 4 is 5.91 Å². The molecule has 1 saturated heterocycles. The third kappa shape index (κ3) is 2.22. The van der Waals surface area contributed by atoms with E-state index in [1.54, 1.807) is 0 Å². The summed E-state index contributed by atoms with van der Waals surface area (Å²) < 4.78 is 1.95. The number of likely N-dealkylation sites (tertiary alicyclic amines) is 1. The third-order valence-electron chi connectivity index (χ3n) is 3.77. The Hall–Kier alpha value is -1.29. The normalized spacial score (nSPS) is 25.1. The summed E-state index contributed by atoms with van der Waals surface area (Å²) in [6.07, 6.45) is 1.80. The average Bonchev–Trinajstić information content (AvgIpc) is 2.59. The van der Waals surface area contributed by atoms with Crippen LogP contribution in [0.3, 0.4) is 0 Å². The van der Waals surface area contributed by atoms with Gasteiger partial charge in [0.15, 0.2) is 0 Å². The van der Waals surface area contributed by atoms with Gasteiger partial charge in [-0.2, -0.15) is 0 Å². The van der Waals surface area contributed by atoms with Crippen LogP contribution in [0.4, 0.5) is 0 Å². The van der Waals surface area contributed by atoms with Crippen molar-refractivity contribution in [1.29, 1.82) is 0 Å². The second-order valence-electron chi connectivity index (χ2n) is 5.05. The van der Waals surface area contributed by atoms with Crippen LogP contribution in [-0.4, -0.2) is 34.0 Å². The molecule has 1 fully saturated rings. The van der Waals surface area contributed by atoms with E-state index in [1.165, 1.54) is 0 Å². The SMILES string of the molecule is Cc1ccc(C(=O)N2CCC(N)CC2C)n1C. The Bertz CT molecular complexity index is 424. The number of hydrogen-bond donors (Lipinski definition) is 1. The molecule has 2 N–H and O–H groups in total. The van der Waals surface area contributed by atoms with Crippen LogP contribution in [0.1, 0.15) is 35.9 Å². The van der Waals surface area contributed by atoms with Gasteiger partial charge in [-0.1, -0.05) is 0 Å². The molecule has 0 aliphatic carbocycles. The van der Waals surface area contributed by atoms with Crippen molar-refractivity contribution in [3.63, 3.8) is 0 Å². The van der Waals surface area contributed by atoms with Crippen molar-refractivity contribution in [2.45, 2.75) is 38.8 Å². The molecule has 2 unspecified atom stereocenters. The summed E-state index contributed by atoms with van der Waals surface area (Å²) in [6.45, 7) is 4.85. The Labute approximate surface area is 102 Å². The summed E-state index contributed by atoms with van der Waals surface area (Å²) >= 11 is 0. The fourth-order valence-electron chi connectivity index (χ4n) is 2.49. The van der Waals surface area contributed by atoms with E-state index < -0.39 is 0 Å². The molecule has 2 heterocycles. The van der Waals surface area contributed by atoms with E-state index in [1.807, 2.05) is 35.6 Å². The molecule has 2 rings (SSSR count). The van der Waals surface area contributed by atoms with E-state index in [-0.39, 0.29) is 18.0 Å². The molecule has 0 bridgehead atoms. The summed E-state index contributed by atoms with van der Waals surface area (Å²) in [5, 5.41) is 0. The van der Waals surface area contributed by atoms with E-state index >= 15 is 0 Å². The number of nitrogens with two attached hydrogens (primary N) is 1. The average molecular weight is 235 g/mol. The Morgan fingerprint density at radius 2 is 2.18 bits per heavy atom. The van der Waals surface area contributed by atoms with Gasteiger partial charge in [-0.3, -0.25) is 4.79 Å². The van der Waals surface area contributed by atoms with Crippen LogP contribution in [0.2, 0.25) is 0 Å². The lowest BCUT2D eigenvalue weighted by molar-refractivity contribution is 0.0609. The second kappa shape index (κ2) is 4.53. The molecule has 4 nitrogen and oxygen atoms in total. The highest BCUT2D eigenvalue weighted by Gasteiger charge is 2.28. The number of piperidine rings is 1. The van der Waals surface area contributed by atoms with Crippen LogP contribution in [0, 0.1) is 6.92 Å². The van der Waals surface area contributed by atoms with Crippen molar-refractivity contribution < 1.29 is 4.79 Å². The van der Waals surface area contributed by atoms with Gasteiger partial charge in [0.25, 0.3) is 5.91 Å². The van der Waals surface area contributed by atoms with Gasteiger partial charge in [-0.25, -0.2) is 0 Å². The van der Waals surface area contributed by atoms with E-state index in [9.17, 15) is 4.79 Å². The lowest BCUT2D eigenvalue weighted by Crippen LogP contribution is -2.48. The zero-order chi connectivity index (χ0) is 12.6. The minimum absolute atomic E-state index is 0.125. The van der Waals surface area contributed by atoms with Gasteiger partial charge >= 0.3 is 0 Å². The monoisotopic (exact) mass is 235 g/mol. The number of aromatic nitrogens is 1. The van der Waals surface area contributed by atoms with Crippen LogP contribution < -0.4 is 5.73 Å². The first-order chi connectivity index (χ1) is 8.00. The van der Waals surface area contributed by atoms with Crippen molar-refractivity contribution in [3.8, 4) is 0 Å². The maximum Gasteiger partial charge on any atom is 0.270 e. The lowest BCUT2D eigenvalue weighted by Gasteiger charge is -2.36. The van der Waals surface area contributed by atoms with Crippen molar-refractivity contribution in [1.82, 2.24) is 9.47 Å². The van der Waals surface area contributed by atoms with Gasteiger partial charge in [0.1, 0.15) is 5.69 Å². The van der Waals surface area contributed by atoms with Gasteiger partial charge < -0.3 is 15.2 Å². The fraction of sp³-hybridized carbons (Fsp3) is 0.615. The maximum absolute atomic E-state index is 12.4. The molecular weight excluding hydrogens is 214 g/mol. The molecule has 4 heteroatoms. The predicted molar refractivity (Wildman–Crippen MR) is 67.9 cm³/mol. The van der Waals surface area contributed by atoms with Gasteiger partial charge in [0.2, 0.25) is 0 Å². The van der Waals surface area contributed by atoms with Crippen LogP contribution in [0.5, 0.6) is 0 Å². The Kier molecular flexibility index (Phi) is 3.24. The summed E-state index contributed by atoms with van der Waals surface area (Å²) in [5.41, 5.74) is 7.79. The van der Waals surface area contributed by atoms with Crippen LogP contribution >= 0.6 is 0 Å². The fourth-order valence-corrected chi connectivity index (χ4v) is 2.49. The summed E-state index contributed by atoms with van der Waals surface area (Å²) in [5.74, 6) is 0.125. The standard InChI is InChI=1S/C13H21N3O/c1-9-4-5-12(15(9)3)13(17)16-7-6-11(14)8-10(16)2/h4-5,10-11H,6-8,14H2,1-3H3. The number of nitrogens with zero attached hydrogens (tertiary/aromatic N) is 2. The van der Waals surface area contributed by atoms with E-state index in [0.29, 0.717) is 0 Å². The largest absolute Gasteiger partial charge is 0.344 e. The molecule has 0 spiro atoms. The highest BCUT2D eigenvalue weighted by Crippen LogP contribution is 2.19. The lowest BCUT2D eigenvalue weighted by atomic mass is 9.99. The minimum atomic E-state index is 0.125. The van der Waals surface area contributed by atoms with Gasteiger partial charge in [-0.15, -0.1) is 0 Å². The van der Waals surface area contributed by atoms with Crippen LogP contribution in [-0.2, 0) is 7.05 Å². The first-order valence-corrected chi connectivity index (χ1v) is 6.19. The van der Waals surface area contributed by atoms with E-state index in [4.69, 9.17) is 5.73 Å². The Morgan fingerprint density at radius 1 is 1.47 bits per heavy atom. The second-order valence-corrected chi connectivity index (χ2v) is 5.05. The topological polar surface area (TPSA) is 51.3 Å². The van der Waals surface area contributed by atoms with Crippen LogP contribution in [0.25, 0.3) is 0 Å². The smallest absolute Gasteiger partial charge is 0.270 e. The molecule has 0 saturated carbocycles. The molecule has 1 amide bonds. The molecule has 0 aromatic carbocycles. The Morgan fingerprint density at radius 3 is 2.71 bits per heavy atom. The van der Waals surface area contributed by atoms with E-state index in [2.05, 4.69) is 6.92 Å². The number of aryl methyl sites for hydroxylation is 1. The number of carbonyl (C=O) groups is 1. The summed E-state index contributed by atoms with van der Waals surface area (Å²) in [4.78, 5) is 14.4. The Balaban J connectivity index is 2.18. The van der Waals surface area contributed by atoms with Gasteiger partial charge in [0, 0.05) is 31.4 Å². The van der Waals surface area contributed by atoms with Crippen molar-refractivity contribution in [3.05, 3.63) is 23.5 Å². The maximum atomic E-state index is 12.4. The number of hydrogen-bond acceptors (Lipinski definition) is 2. The zero-order valence-corrected chi connectivity index (χ0v) is 10.8. The number of carbonyl (C=O) groups excluding carboxylic acids is 1. The zero-order valence-electron chi connectivity index (χ0n) is 10.8. The molecule has 0 radical (unpaired) electrons. The van der Waals surface area contributed by atoms with Crippen molar-refractivity contribution in [2.24, 2.45) is 12.8 Å². The predicted octanol–water partition coefficient (Wildman–Crippen LogP) is 1.29. The molecule has 17 heavy (non-hydrogen) atoms. The summed E-state index contributed by atoms with van der Waals surface area (Å²) in [7, 11) is 1.93. The first kappa shape index (κ1) is 12.2. The molecule has 1 aliphatic heterocycles. The quantitative estimate of drug-likeness (QED) is 0.797. The highest BCUT2D eigenvalue weighted by molar-refractivity contribution is 5.93. The van der Waals surface area contributed by atoms with E-state index in [0.717, 1.165) is 30.8 Å². The van der Waals surface area contributed by atoms with Crippen LogP contribution in [0.15, 0.2) is 12.1 Å². The molecular formula is C13H21N3O. The van der Waals surface area contributed by atoms with Crippen molar-refractivity contribution in [2.75, 3.05) is 6.54 Å². The molecule has 1 aliphatic rings. The number of amides is 1. The highest BCUT2D eigenvalue weighted by atomic mass is 16.2. The molecule has 2 atom stereocenters. The minimum Gasteiger partial charge on any atom is -0.344 e. The first-order valence-electron chi connectivity index (χ1n) is 6.19. The van der Waals surface area contributed by atoms with Gasteiger partial charge in [-0.05, 0) is 38.8 Å². The molecule has 94 valence electrons. The number of rotatable bonds is 1. The van der Waals surface area contributed by atoms with Gasteiger partial charge in [0.05, 0.1) is 0 Å².